The quantitative estimate of drug-likeness (QED) is 0.454. The smallest absolute Gasteiger partial charge is 0.265 e. The first-order valence-corrected chi connectivity index (χ1v) is 10.3. The van der Waals surface area contributed by atoms with Crippen molar-refractivity contribution in [3.63, 3.8) is 0 Å². The molecule has 1 amide bonds. The number of aromatic nitrogens is 2. The predicted molar refractivity (Wildman–Crippen MR) is 122 cm³/mol. The first-order chi connectivity index (χ1) is 15.5. The summed E-state index contributed by atoms with van der Waals surface area (Å²) in [5, 5.41) is 3.27. The molecule has 0 unspecified atom stereocenters. The topological polar surface area (TPSA) is 81.9 Å². The molecule has 32 heavy (non-hydrogen) atoms. The van der Waals surface area contributed by atoms with Crippen molar-refractivity contribution in [1.82, 2.24) is 9.38 Å². The summed E-state index contributed by atoms with van der Waals surface area (Å²) in [4.78, 5) is 29.0. The zero-order valence-electron chi connectivity index (χ0n) is 17.2. The van der Waals surface area contributed by atoms with Gasteiger partial charge < -0.3 is 14.8 Å². The summed E-state index contributed by atoms with van der Waals surface area (Å²) in [5.41, 5.74) is 1.37. The minimum Gasteiger partial charge on any atom is -0.487 e. The van der Waals surface area contributed by atoms with Gasteiger partial charge in [0.15, 0.2) is 6.10 Å². The lowest BCUT2D eigenvalue weighted by atomic mass is 10.2. The Morgan fingerprint density at radius 1 is 1.06 bits per heavy atom. The molecule has 0 aliphatic rings. The van der Waals surface area contributed by atoms with E-state index in [-0.39, 0.29) is 18.1 Å². The number of para-hydroxylation sites is 1. The lowest BCUT2D eigenvalue weighted by Crippen LogP contribution is -2.30. The number of nitrogens with one attached hydrogen (secondary N) is 1. The van der Waals surface area contributed by atoms with Gasteiger partial charge in [0.2, 0.25) is 0 Å². The van der Waals surface area contributed by atoms with Crippen molar-refractivity contribution >= 4 is 28.8 Å². The first kappa shape index (κ1) is 21.4. The minimum absolute atomic E-state index is 0.127. The first-order valence-electron chi connectivity index (χ1n) is 9.91. The molecule has 0 saturated heterocycles. The summed E-state index contributed by atoms with van der Waals surface area (Å²) >= 11 is 5.92. The molecule has 4 aromatic rings. The summed E-state index contributed by atoms with van der Waals surface area (Å²) in [5.74, 6) is 0.946. The fourth-order valence-corrected chi connectivity index (χ4v) is 3.15. The van der Waals surface area contributed by atoms with Crippen LogP contribution in [0, 0.1) is 0 Å². The number of hydrogen-bond donors (Lipinski definition) is 1. The summed E-state index contributed by atoms with van der Waals surface area (Å²) in [6.45, 7) is 1.81. The van der Waals surface area contributed by atoms with E-state index < -0.39 is 6.10 Å². The van der Waals surface area contributed by atoms with Crippen LogP contribution in [0.3, 0.4) is 0 Å². The monoisotopic (exact) mass is 449 g/mol. The zero-order valence-corrected chi connectivity index (χ0v) is 18.0. The van der Waals surface area contributed by atoms with Crippen LogP contribution in [0.25, 0.3) is 5.65 Å². The molecule has 0 bridgehead atoms. The van der Waals surface area contributed by atoms with E-state index >= 15 is 0 Å². The molecule has 0 saturated carbocycles. The van der Waals surface area contributed by atoms with Crippen molar-refractivity contribution in [1.29, 1.82) is 0 Å². The summed E-state index contributed by atoms with van der Waals surface area (Å²) < 4.78 is 12.7. The lowest BCUT2D eigenvalue weighted by Gasteiger charge is -2.15. The molecule has 162 valence electrons. The Bertz CT molecular complexity index is 1290. The second-order valence-electron chi connectivity index (χ2n) is 7.04. The van der Waals surface area contributed by atoms with Crippen LogP contribution in [0.1, 0.15) is 12.6 Å². The third kappa shape index (κ3) is 5.25. The van der Waals surface area contributed by atoms with Crippen LogP contribution < -0.4 is 20.3 Å². The third-order valence-electron chi connectivity index (χ3n) is 4.61. The van der Waals surface area contributed by atoms with Crippen LogP contribution in [-0.4, -0.2) is 21.4 Å². The van der Waals surface area contributed by atoms with Gasteiger partial charge >= 0.3 is 0 Å². The van der Waals surface area contributed by atoms with Gasteiger partial charge in [-0.2, -0.15) is 0 Å². The van der Waals surface area contributed by atoms with Gasteiger partial charge in [-0.15, -0.1) is 0 Å². The largest absolute Gasteiger partial charge is 0.487 e. The second kappa shape index (κ2) is 9.53. The van der Waals surface area contributed by atoms with Gasteiger partial charge in [-0.1, -0.05) is 29.8 Å². The van der Waals surface area contributed by atoms with Gasteiger partial charge in [0.25, 0.3) is 11.5 Å². The number of halogens is 1. The fraction of sp³-hybridized carbons (Fsp3) is 0.125. The highest BCUT2D eigenvalue weighted by molar-refractivity contribution is 6.30. The highest BCUT2D eigenvalue weighted by atomic mass is 35.5. The number of carbonyl (C=O) groups is 1. The second-order valence-corrected chi connectivity index (χ2v) is 7.47. The number of amides is 1. The van der Waals surface area contributed by atoms with E-state index in [4.69, 9.17) is 21.1 Å². The number of fused-ring (bicyclic) bond motifs is 1. The van der Waals surface area contributed by atoms with Gasteiger partial charge in [-0.05, 0) is 55.5 Å². The van der Waals surface area contributed by atoms with Crippen LogP contribution in [0.2, 0.25) is 5.02 Å². The summed E-state index contributed by atoms with van der Waals surface area (Å²) in [6, 6.07) is 20.8. The van der Waals surface area contributed by atoms with Crippen molar-refractivity contribution in [3.05, 3.63) is 100 Å². The maximum atomic E-state index is 12.4. The van der Waals surface area contributed by atoms with Crippen LogP contribution in [0.4, 0.5) is 5.69 Å². The van der Waals surface area contributed by atoms with Crippen molar-refractivity contribution < 1.29 is 14.3 Å². The molecule has 8 heteroatoms. The van der Waals surface area contributed by atoms with E-state index in [0.717, 1.165) is 0 Å². The number of carbonyl (C=O) groups excluding carboxylic acids is 1. The Balaban J connectivity index is 1.35. The Labute approximate surface area is 189 Å². The molecule has 7 nitrogen and oxygen atoms in total. The number of nitrogens with zero attached hydrogens (tertiary/aromatic N) is 2. The maximum Gasteiger partial charge on any atom is 0.265 e. The average Bonchev–Trinajstić information content (AvgIpc) is 2.80. The standard InChI is InChI=1S/C24H20ClN3O4/c1-16(32-21-5-3-2-4-6-21)24(30)27-18-8-10-20(11-9-18)31-15-19-13-23(29)28-14-17(25)7-12-22(28)26-19/h2-14,16H,15H2,1H3,(H,27,30)/t16-/m1/s1. The summed E-state index contributed by atoms with van der Waals surface area (Å²) in [7, 11) is 0. The number of ether oxygens (including phenoxy) is 2. The number of hydrogen-bond acceptors (Lipinski definition) is 5. The van der Waals surface area contributed by atoms with Crippen molar-refractivity contribution in [2.45, 2.75) is 19.6 Å². The molecule has 0 aliphatic heterocycles. The number of anilines is 1. The van der Waals surface area contributed by atoms with Gasteiger partial charge in [-0.3, -0.25) is 14.0 Å². The highest BCUT2D eigenvalue weighted by Gasteiger charge is 2.14. The Morgan fingerprint density at radius 3 is 2.56 bits per heavy atom. The lowest BCUT2D eigenvalue weighted by molar-refractivity contribution is -0.122. The van der Waals surface area contributed by atoms with E-state index in [1.807, 2.05) is 18.2 Å². The van der Waals surface area contributed by atoms with Crippen molar-refractivity contribution in [2.75, 3.05) is 5.32 Å². The predicted octanol–water partition coefficient (Wildman–Crippen LogP) is 4.33. The van der Waals surface area contributed by atoms with Crippen LogP contribution in [0.5, 0.6) is 11.5 Å². The van der Waals surface area contributed by atoms with Crippen molar-refractivity contribution in [3.8, 4) is 11.5 Å². The van der Waals surface area contributed by atoms with Gasteiger partial charge in [-0.25, -0.2) is 4.98 Å². The molecule has 2 aromatic heterocycles. The van der Waals surface area contributed by atoms with Crippen LogP contribution in [0.15, 0.2) is 83.8 Å². The third-order valence-corrected chi connectivity index (χ3v) is 4.83. The molecule has 0 aliphatic carbocycles. The maximum absolute atomic E-state index is 12.4. The van der Waals surface area contributed by atoms with E-state index in [9.17, 15) is 9.59 Å². The Kier molecular flexibility index (Phi) is 6.37. The molecular formula is C24H20ClN3O4. The molecule has 0 spiro atoms. The van der Waals surface area contributed by atoms with Crippen LogP contribution >= 0.6 is 11.6 Å². The Morgan fingerprint density at radius 2 is 1.81 bits per heavy atom. The molecule has 0 radical (unpaired) electrons. The Hall–Kier alpha value is -3.84. The van der Waals surface area contributed by atoms with Gasteiger partial charge in [0, 0.05) is 18.0 Å². The van der Waals surface area contributed by atoms with E-state index in [2.05, 4.69) is 10.3 Å². The average molecular weight is 450 g/mol. The molecule has 2 aromatic carbocycles. The molecule has 0 fully saturated rings. The van der Waals surface area contributed by atoms with E-state index in [0.29, 0.717) is 33.6 Å². The number of rotatable bonds is 7. The normalized spacial score (nSPS) is 11.7. The number of pyridine rings is 1. The highest BCUT2D eigenvalue weighted by Crippen LogP contribution is 2.18. The van der Waals surface area contributed by atoms with E-state index in [1.165, 1.54) is 16.7 Å². The SMILES string of the molecule is C[C@@H](Oc1ccccc1)C(=O)Nc1ccc(OCc2cc(=O)n3cc(Cl)ccc3n2)cc1. The van der Waals surface area contributed by atoms with Gasteiger partial charge in [0.1, 0.15) is 23.8 Å². The van der Waals surface area contributed by atoms with Crippen molar-refractivity contribution in [2.24, 2.45) is 0 Å². The van der Waals surface area contributed by atoms with E-state index in [1.54, 1.807) is 55.5 Å². The molecule has 2 heterocycles. The fourth-order valence-electron chi connectivity index (χ4n) is 2.99. The molecule has 1 N–H and O–H groups in total. The number of benzene rings is 2. The molecule has 4 rings (SSSR count). The molecule has 1 atom stereocenters. The van der Waals surface area contributed by atoms with Crippen LogP contribution in [-0.2, 0) is 11.4 Å². The zero-order chi connectivity index (χ0) is 22.5. The minimum atomic E-state index is -0.652. The summed E-state index contributed by atoms with van der Waals surface area (Å²) in [6.07, 6.45) is 0.872. The van der Waals surface area contributed by atoms with Gasteiger partial charge in [0.05, 0.1) is 10.7 Å². The molecular weight excluding hydrogens is 430 g/mol.